The van der Waals surface area contributed by atoms with Gasteiger partial charge in [-0.15, -0.1) is 15.3 Å². The summed E-state index contributed by atoms with van der Waals surface area (Å²) in [5.41, 5.74) is -0.959. The molecule has 27 heavy (non-hydrogen) atoms. The Morgan fingerprint density at radius 2 is 1.96 bits per heavy atom. The molecule has 4 aromatic rings. The predicted molar refractivity (Wildman–Crippen MR) is 91.1 cm³/mol. The summed E-state index contributed by atoms with van der Waals surface area (Å²) in [5.74, 6) is 0.810. The molecule has 11 heteroatoms. The SMILES string of the molecule is CCc1nc2nnc3c(=O)n(-c4ccc(C(F)(F)F)c(Cl)c4)ccc3n2n1. The van der Waals surface area contributed by atoms with Gasteiger partial charge in [-0.05, 0) is 24.3 Å². The van der Waals surface area contributed by atoms with E-state index in [-0.39, 0.29) is 17.0 Å². The van der Waals surface area contributed by atoms with Crippen molar-refractivity contribution in [2.75, 3.05) is 0 Å². The lowest BCUT2D eigenvalue weighted by atomic mass is 10.2. The van der Waals surface area contributed by atoms with E-state index in [1.165, 1.54) is 16.8 Å². The highest BCUT2D eigenvalue weighted by Crippen LogP contribution is 2.35. The van der Waals surface area contributed by atoms with E-state index in [2.05, 4.69) is 20.3 Å². The quantitative estimate of drug-likeness (QED) is 0.522. The molecule has 0 amide bonds. The number of alkyl halides is 3. The van der Waals surface area contributed by atoms with Crippen LogP contribution in [0.15, 0.2) is 35.3 Å². The van der Waals surface area contributed by atoms with Gasteiger partial charge in [0.2, 0.25) is 0 Å². The molecule has 0 saturated carbocycles. The Kier molecular flexibility index (Phi) is 3.88. The smallest absolute Gasteiger partial charge is 0.282 e. The maximum absolute atomic E-state index is 12.9. The molecule has 0 aliphatic heterocycles. The van der Waals surface area contributed by atoms with Crippen molar-refractivity contribution in [1.29, 1.82) is 0 Å². The average molecular weight is 395 g/mol. The van der Waals surface area contributed by atoms with Gasteiger partial charge < -0.3 is 0 Å². The second-order valence-electron chi connectivity index (χ2n) is 5.68. The van der Waals surface area contributed by atoms with E-state index in [0.29, 0.717) is 17.8 Å². The normalized spacial score (nSPS) is 12.2. The van der Waals surface area contributed by atoms with E-state index < -0.39 is 22.3 Å². The lowest BCUT2D eigenvalue weighted by Crippen LogP contribution is -2.20. The minimum atomic E-state index is -4.58. The Labute approximate surface area is 154 Å². The van der Waals surface area contributed by atoms with Crippen LogP contribution in [0.4, 0.5) is 13.2 Å². The number of aromatic nitrogens is 6. The number of nitrogens with zero attached hydrogens (tertiary/aromatic N) is 6. The van der Waals surface area contributed by atoms with Crippen LogP contribution in [-0.4, -0.2) is 29.4 Å². The number of aryl methyl sites for hydroxylation is 1. The highest BCUT2D eigenvalue weighted by atomic mass is 35.5. The number of rotatable bonds is 2. The standard InChI is InChI=1S/C16H10ClF3N6O/c1-2-12-21-15-23-22-13-11(26(15)24-12)5-6-25(14(13)27)8-3-4-9(10(17)7-8)16(18,19)20/h3-7H,2H2,1H3. The van der Waals surface area contributed by atoms with Crippen molar-refractivity contribution < 1.29 is 13.2 Å². The van der Waals surface area contributed by atoms with Crippen LogP contribution in [-0.2, 0) is 12.6 Å². The van der Waals surface area contributed by atoms with E-state index in [1.807, 2.05) is 6.92 Å². The summed E-state index contributed by atoms with van der Waals surface area (Å²) in [5, 5.41) is 11.6. The van der Waals surface area contributed by atoms with E-state index in [1.54, 1.807) is 6.07 Å². The Balaban J connectivity index is 1.91. The van der Waals surface area contributed by atoms with Crippen LogP contribution in [0, 0.1) is 0 Å². The van der Waals surface area contributed by atoms with Gasteiger partial charge in [0.1, 0.15) is 5.52 Å². The minimum absolute atomic E-state index is 0.00794. The monoisotopic (exact) mass is 394 g/mol. The summed E-state index contributed by atoms with van der Waals surface area (Å²) in [6.45, 7) is 1.88. The molecule has 0 aliphatic carbocycles. The van der Waals surface area contributed by atoms with Crippen molar-refractivity contribution in [3.63, 3.8) is 0 Å². The number of hydrogen-bond acceptors (Lipinski definition) is 5. The molecule has 0 radical (unpaired) electrons. The van der Waals surface area contributed by atoms with Crippen molar-refractivity contribution in [2.45, 2.75) is 19.5 Å². The van der Waals surface area contributed by atoms with Gasteiger partial charge in [-0.3, -0.25) is 9.36 Å². The van der Waals surface area contributed by atoms with Crippen molar-refractivity contribution in [3.8, 4) is 5.69 Å². The van der Waals surface area contributed by atoms with Crippen LogP contribution in [0.2, 0.25) is 5.02 Å². The first-order chi connectivity index (χ1) is 12.8. The van der Waals surface area contributed by atoms with Gasteiger partial charge in [-0.2, -0.15) is 22.7 Å². The molecule has 0 saturated heterocycles. The van der Waals surface area contributed by atoms with Gasteiger partial charge >= 0.3 is 6.18 Å². The van der Waals surface area contributed by atoms with Crippen LogP contribution in [0.3, 0.4) is 0 Å². The third-order valence-corrected chi connectivity index (χ3v) is 4.31. The fraction of sp³-hybridized carbons (Fsp3) is 0.188. The Bertz CT molecular complexity index is 1250. The zero-order valence-electron chi connectivity index (χ0n) is 13.7. The van der Waals surface area contributed by atoms with Crippen molar-refractivity contribution in [3.05, 3.63) is 57.2 Å². The molecule has 0 atom stereocenters. The predicted octanol–water partition coefficient (Wildman–Crippen LogP) is 3.06. The van der Waals surface area contributed by atoms with Crippen LogP contribution in [0.25, 0.3) is 22.5 Å². The summed E-state index contributed by atoms with van der Waals surface area (Å²) in [7, 11) is 0. The zero-order valence-corrected chi connectivity index (χ0v) is 14.5. The molecule has 7 nitrogen and oxygen atoms in total. The molecule has 4 rings (SSSR count). The summed E-state index contributed by atoms with van der Waals surface area (Å²) in [6, 6.07) is 4.64. The third-order valence-electron chi connectivity index (χ3n) is 4.00. The molecular weight excluding hydrogens is 385 g/mol. The van der Waals surface area contributed by atoms with Crippen molar-refractivity contribution in [1.82, 2.24) is 29.4 Å². The first-order valence-corrected chi connectivity index (χ1v) is 8.18. The molecule has 0 unspecified atom stereocenters. The van der Waals surface area contributed by atoms with E-state index in [0.717, 1.165) is 16.7 Å². The summed E-state index contributed by atoms with van der Waals surface area (Å²) in [6.07, 6.45) is -2.57. The van der Waals surface area contributed by atoms with Crippen LogP contribution < -0.4 is 5.56 Å². The minimum Gasteiger partial charge on any atom is -0.282 e. The van der Waals surface area contributed by atoms with E-state index in [9.17, 15) is 18.0 Å². The lowest BCUT2D eigenvalue weighted by Gasteiger charge is -2.12. The average Bonchev–Trinajstić information content (AvgIpc) is 3.04. The Morgan fingerprint density at radius 3 is 2.63 bits per heavy atom. The van der Waals surface area contributed by atoms with Crippen LogP contribution in [0.1, 0.15) is 18.3 Å². The molecule has 0 bridgehead atoms. The summed E-state index contributed by atoms with van der Waals surface area (Å²) in [4.78, 5) is 17.0. The fourth-order valence-corrected chi connectivity index (χ4v) is 2.97. The second kappa shape index (κ2) is 6.02. The van der Waals surface area contributed by atoms with Gasteiger partial charge in [0.15, 0.2) is 11.3 Å². The van der Waals surface area contributed by atoms with Gasteiger partial charge in [0.25, 0.3) is 11.3 Å². The van der Waals surface area contributed by atoms with Crippen molar-refractivity contribution >= 4 is 28.4 Å². The van der Waals surface area contributed by atoms with E-state index >= 15 is 0 Å². The number of benzene rings is 1. The molecule has 1 aromatic carbocycles. The molecule has 0 fully saturated rings. The molecular formula is C16H10ClF3N6O. The van der Waals surface area contributed by atoms with Crippen LogP contribution in [0.5, 0.6) is 0 Å². The lowest BCUT2D eigenvalue weighted by molar-refractivity contribution is -0.137. The number of hydrogen-bond donors (Lipinski definition) is 0. The molecule has 138 valence electrons. The maximum Gasteiger partial charge on any atom is 0.417 e. The first kappa shape index (κ1) is 17.4. The highest BCUT2D eigenvalue weighted by molar-refractivity contribution is 6.31. The number of halogens is 4. The summed E-state index contributed by atoms with van der Waals surface area (Å²) >= 11 is 5.75. The van der Waals surface area contributed by atoms with Gasteiger partial charge in [0.05, 0.1) is 16.3 Å². The van der Waals surface area contributed by atoms with Gasteiger partial charge in [0, 0.05) is 12.6 Å². The van der Waals surface area contributed by atoms with Crippen molar-refractivity contribution in [2.24, 2.45) is 0 Å². The zero-order chi connectivity index (χ0) is 19.3. The molecule has 3 aromatic heterocycles. The second-order valence-corrected chi connectivity index (χ2v) is 6.09. The van der Waals surface area contributed by atoms with Gasteiger partial charge in [-0.1, -0.05) is 18.5 Å². The molecule has 0 spiro atoms. The molecule has 3 heterocycles. The number of fused-ring (bicyclic) bond motifs is 3. The van der Waals surface area contributed by atoms with Crippen LogP contribution >= 0.6 is 11.6 Å². The topological polar surface area (TPSA) is 78.0 Å². The largest absolute Gasteiger partial charge is 0.417 e. The number of pyridine rings is 1. The maximum atomic E-state index is 12.9. The fourth-order valence-electron chi connectivity index (χ4n) is 2.68. The highest BCUT2D eigenvalue weighted by Gasteiger charge is 2.33. The summed E-state index contributed by atoms with van der Waals surface area (Å²) < 4.78 is 41.1. The molecule has 0 N–H and O–H groups in total. The Hall–Kier alpha value is -3.01. The van der Waals surface area contributed by atoms with Gasteiger partial charge in [-0.25, -0.2) is 0 Å². The first-order valence-electron chi connectivity index (χ1n) is 7.80. The Morgan fingerprint density at radius 1 is 1.19 bits per heavy atom. The third kappa shape index (κ3) is 2.81. The molecule has 0 aliphatic rings. The van der Waals surface area contributed by atoms with E-state index in [4.69, 9.17) is 11.6 Å².